The molecular weight excluding hydrogens is 281 g/mol. The van der Waals surface area contributed by atoms with Gasteiger partial charge in [0.1, 0.15) is 5.82 Å². The first-order chi connectivity index (χ1) is 8.06. The Hall–Kier alpha value is -0.570. The summed E-state index contributed by atoms with van der Waals surface area (Å²) in [5, 5.41) is 3.48. The summed E-state index contributed by atoms with van der Waals surface area (Å²) in [7, 11) is 0. The van der Waals surface area contributed by atoms with Crippen LogP contribution in [0.2, 0.25) is 0 Å². The van der Waals surface area contributed by atoms with E-state index < -0.39 is 0 Å². The fraction of sp³-hybridized carbons (Fsp3) is 0.571. The van der Waals surface area contributed by atoms with Crippen molar-refractivity contribution >= 4 is 21.6 Å². The van der Waals surface area contributed by atoms with Crippen LogP contribution in [0.3, 0.4) is 0 Å². The average molecular weight is 300 g/mol. The predicted octanol–water partition coefficient (Wildman–Crippen LogP) is 4.82. The maximum absolute atomic E-state index is 13.2. The lowest BCUT2D eigenvalue weighted by Gasteiger charge is -2.34. The van der Waals surface area contributed by atoms with Crippen molar-refractivity contribution in [1.29, 1.82) is 0 Å². The van der Waals surface area contributed by atoms with Crippen LogP contribution in [0, 0.1) is 17.7 Å². The standard InChI is InChI=1S/C14H19BrFN/c1-9-3-4-10(2)13(7-9)17-14-8-11(16)5-6-12(14)15/h5-6,8-10,13,17H,3-4,7H2,1-2H3. The number of anilines is 1. The lowest BCUT2D eigenvalue weighted by molar-refractivity contribution is 0.280. The molecule has 3 heteroatoms. The molecule has 17 heavy (non-hydrogen) atoms. The maximum Gasteiger partial charge on any atom is 0.125 e. The number of hydrogen-bond donors (Lipinski definition) is 1. The van der Waals surface area contributed by atoms with E-state index in [4.69, 9.17) is 0 Å². The molecule has 0 aromatic heterocycles. The Morgan fingerprint density at radius 3 is 2.82 bits per heavy atom. The Morgan fingerprint density at radius 1 is 1.29 bits per heavy atom. The van der Waals surface area contributed by atoms with Crippen molar-refractivity contribution in [3.63, 3.8) is 0 Å². The van der Waals surface area contributed by atoms with Crippen LogP contribution in [0.4, 0.5) is 10.1 Å². The van der Waals surface area contributed by atoms with Crippen LogP contribution in [-0.2, 0) is 0 Å². The topological polar surface area (TPSA) is 12.0 Å². The van der Waals surface area contributed by atoms with Gasteiger partial charge in [-0.25, -0.2) is 4.39 Å². The summed E-state index contributed by atoms with van der Waals surface area (Å²) in [5.74, 6) is 1.23. The van der Waals surface area contributed by atoms with Crippen molar-refractivity contribution in [1.82, 2.24) is 0 Å². The van der Waals surface area contributed by atoms with Crippen molar-refractivity contribution < 1.29 is 4.39 Å². The summed E-state index contributed by atoms with van der Waals surface area (Å²) in [6.07, 6.45) is 3.74. The highest BCUT2D eigenvalue weighted by atomic mass is 79.9. The summed E-state index contributed by atoms with van der Waals surface area (Å²) < 4.78 is 14.1. The van der Waals surface area contributed by atoms with E-state index in [9.17, 15) is 4.39 Å². The second kappa shape index (κ2) is 5.38. The SMILES string of the molecule is CC1CCC(C)C(Nc2cc(F)ccc2Br)C1. The summed E-state index contributed by atoms with van der Waals surface area (Å²) in [6.45, 7) is 4.57. The van der Waals surface area contributed by atoms with E-state index in [1.807, 2.05) is 0 Å². The Kier molecular flexibility index (Phi) is 4.08. The second-order valence-corrected chi connectivity index (χ2v) is 6.12. The average Bonchev–Trinajstić information content (AvgIpc) is 2.28. The van der Waals surface area contributed by atoms with Gasteiger partial charge >= 0.3 is 0 Å². The molecule has 1 saturated carbocycles. The van der Waals surface area contributed by atoms with Crippen LogP contribution >= 0.6 is 15.9 Å². The molecule has 0 saturated heterocycles. The van der Waals surface area contributed by atoms with E-state index in [-0.39, 0.29) is 5.82 Å². The largest absolute Gasteiger partial charge is 0.381 e. The minimum absolute atomic E-state index is 0.188. The van der Waals surface area contributed by atoms with Gasteiger partial charge in [-0.3, -0.25) is 0 Å². The molecule has 94 valence electrons. The number of nitrogens with one attached hydrogen (secondary N) is 1. The lowest BCUT2D eigenvalue weighted by atomic mass is 9.80. The molecule has 1 aliphatic rings. The number of halogens is 2. The highest BCUT2D eigenvalue weighted by Gasteiger charge is 2.25. The van der Waals surface area contributed by atoms with Crippen LogP contribution in [0.15, 0.2) is 22.7 Å². The zero-order chi connectivity index (χ0) is 12.4. The first kappa shape index (κ1) is 12.9. The van der Waals surface area contributed by atoms with Gasteiger partial charge in [0.15, 0.2) is 0 Å². The van der Waals surface area contributed by atoms with Gasteiger partial charge in [-0.15, -0.1) is 0 Å². The third-order valence-corrected chi connectivity index (χ3v) is 4.42. The molecule has 3 unspecified atom stereocenters. The summed E-state index contributed by atoms with van der Waals surface area (Å²) in [6, 6.07) is 5.25. The minimum Gasteiger partial charge on any atom is -0.381 e. The third-order valence-electron chi connectivity index (χ3n) is 3.73. The van der Waals surface area contributed by atoms with Gasteiger partial charge < -0.3 is 5.32 Å². The van der Waals surface area contributed by atoms with E-state index in [0.717, 1.165) is 16.1 Å². The van der Waals surface area contributed by atoms with E-state index >= 15 is 0 Å². The predicted molar refractivity (Wildman–Crippen MR) is 73.7 cm³/mol. The first-order valence-corrected chi connectivity index (χ1v) is 7.07. The van der Waals surface area contributed by atoms with Gasteiger partial charge in [-0.2, -0.15) is 0 Å². The lowest BCUT2D eigenvalue weighted by Crippen LogP contribution is -2.33. The Morgan fingerprint density at radius 2 is 2.06 bits per heavy atom. The summed E-state index contributed by atoms with van der Waals surface area (Å²) in [4.78, 5) is 0. The van der Waals surface area contributed by atoms with Gasteiger partial charge in [0.25, 0.3) is 0 Å². The second-order valence-electron chi connectivity index (χ2n) is 5.27. The highest BCUT2D eigenvalue weighted by Crippen LogP contribution is 2.32. The van der Waals surface area contributed by atoms with Gasteiger partial charge in [0.2, 0.25) is 0 Å². The molecule has 1 aromatic rings. The van der Waals surface area contributed by atoms with Crippen molar-refractivity contribution in [3.05, 3.63) is 28.5 Å². The summed E-state index contributed by atoms with van der Waals surface area (Å²) in [5.41, 5.74) is 0.871. The van der Waals surface area contributed by atoms with E-state index in [2.05, 4.69) is 35.1 Å². The maximum atomic E-state index is 13.2. The number of hydrogen-bond acceptors (Lipinski definition) is 1. The molecule has 1 aromatic carbocycles. The molecule has 1 N–H and O–H groups in total. The van der Waals surface area contributed by atoms with Crippen LogP contribution in [0.5, 0.6) is 0 Å². The first-order valence-electron chi connectivity index (χ1n) is 6.28. The van der Waals surface area contributed by atoms with Crippen molar-refractivity contribution in [2.45, 2.75) is 39.2 Å². The molecular formula is C14H19BrFN. The molecule has 1 fully saturated rings. The fourth-order valence-electron chi connectivity index (χ4n) is 2.54. The fourth-order valence-corrected chi connectivity index (χ4v) is 2.90. The van der Waals surface area contributed by atoms with Crippen molar-refractivity contribution in [3.8, 4) is 0 Å². The van der Waals surface area contributed by atoms with E-state index in [1.54, 1.807) is 12.1 Å². The smallest absolute Gasteiger partial charge is 0.125 e. The quantitative estimate of drug-likeness (QED) is 0.825. The van der Waals surface area contributed by atoms with Crippen LogP contribution < -0.4 is 5.32 Å². The summed E-state index contributed by atoms with van der Waals surface area (Å²) >= 11 is 3.46. The van der Waals surface area contributed by atoms with Crippen molar-refractivity contribution in [2.75, 3.05) is 5.32 Å². The molecule has 0 heterocycles. The van der Waals surface area contributed by atoms with Crippen LogP contribution in [0.1, 0.15) is 33.1 Å². The van der Waals surface area contributed by atoms with E-state index in [1.165, 1.54) is 25.3 Å². The highest BCUT2D eigenvalue weighted by molar-refractivity contribution is 9.10. The molecule has 0 bridgehead atoms. The zero-order valence-corrected chi connectivity index (χ0v) is 11.9. The minimum atomic E-state index is -0.188. The zero-order valence-electron chi connectivity index (χ0n) is 10.3. The normalized spacial score (nSPS) is 29.1. The van der Waals surface area contributed by atoms with Crippen molar-refractivity contribution in [2.24, 2.45) is 11.8 Å². The molecule has 0 aliphatic heterocycles. The number of benzene rings is 1. The van der Waals surface area contributed by atoms with Crippen LogP contribution in [-0.4, -0.2) is 6.04 Å². The third kappa shape index (κ3) is 3.21. The van der Waals surface area contributed by atoms with Gasteiger partial charge in [-0.05, 0) is 58.8 Å². The van der Waals surface area contributed by atoms with Gasteiger partial charge in [0.05, 0.1) is 5.69 Å². The molecule has 3 atom stereocenters. The molecule has 2 rings (SSSR count). The Bertz CT molecular complexity index is 394. The van der Waals surface area contributed by atoms with Gasteiger partial charge in [-0.1, -0.05) is 20.3 Å². The Labute approximate surface area is 111 Å². The molecule has 0 radical (unpaired) electrons. The molecule has 1 nitrogen and oxygen atoms in total. The van der Waals surface area contributed by atoms with Crippen LogP contribution in [0.25, 0.3) is 0 Å². The number of rotatable bonds is 2. The van der Waals surface area contributed by atoms with E-state index in [0.29, 0.717) is 12.0 Å². The molecule has 1 aliphatic carbocycles. The van der Waals surface area contributed by atoms with Gasteiger partial charge in [0, 0.05) is 10.5 Å². The monoisotopic (exact) mass is 299 g/mol. The molecule has 0 amide bonds. The Balaban J connectivity index is 2.11. The molecule has 0 spiro atoms.